The predicted octanol–water partition coefficient (Wildman–Crippen LogP) is -0.0147. The molecule has 0 amide bonds. The van der Waals surface area contributed by atoms with E-state index in [1.807, 2.05) is 0 Å². The van der Waals surface area contributed by atoms with Crippen LogP contribution in [0.3, 0.4) is 0 Å². The van der Waals surface area contributed by atoms with Crippen LogP contribution in [-0.4, -0.2) is 0 Å². The van der Waals surface area contributed by atoms with Crippen LogP contribution in [0.2, 0.25) is 0 Å². The molecule has 0 aromatic heterocycles. The standard InChI is InChI=1S/Cd.3S.2Zn/q+2;3*-2;2*+2. The normalized spacial score (nSPS) is 0. The van der Waals surface area contributed by atoms with Gasteiger partial charge in [0.2, 0.25) is 0 Å². The molecular formula is CdS3Zn2. The first-order valence-corrected chi connectivity index (χ1v) is 0. The average molecular weight is 339 g/mol. The third kappa shape index (κ3) is 26.9. The summed E-state index contributed by atoms with van der Waals surface area (Å²) in [6.45, 7) is 0. The fraction of sp³-hybridized carbons (Fsp3) is 0. The van der Waals surface area contributed by atoms with Crippen LogP contribution in [0, 0.1) is 0 Å². The van der Waals surface area contributed by atoms with Gasteiger partial charge >= 0.3 is 66.3 Å². The molecule has 6 heavy (non-hydrogen) atoms. The molecule has 0 heterocycles. The zero-order valence-corrected chi connectivity index (χ0v) is 15.8. The summed E-state index contributed by atoms with van der Waals surface area (Å²) in [5.74, 6) is 0. The molecule has 0 N–H and O–H groups in total. The van der Waals surface area contributed by atoms with Crippen LogP contribution in [0.4, 0.5) is 0 Å². The maximum absolute atomic E-state index is 0. The molecule has 0 nitrogen and oxygen atoms in total. The van der Waals surface area contributed by atoms with Gasteiger partial charge in [-0.3, -0.25) is 0 Å². The maximum atomic E-state index is 0. The first-order valence-electron chi connectivity index (χ1n) is 0. The van der Waals surface area contributed by atoms with Gasteiger partial charge in [0.15, 0.2) is 0 Å². The van der Waals surface area contributed by atoms with Crippen LogP contribution in [0.5, 0.6) is 0 Å². The van der Waals surface area contributed by atoms with Crippen molar-refractivity contribution in [2.75, 3.05) is 0 Å². The number of rotatable bonds is 0. The summed E-state index contributed by atoms with van der Waals surface area (Å²) < 4.78 is 0. The van der Waals surface area contributed by atoms with Crippen molar-refractivity contribution in [3.8, 4) is 0 Å². The molecule has 0 aliphatic carbocycles. The summed E-state index contributed by atoms with van der Waals surface area (Å²) in [5.41, 5.74) is 0. The topological polar surface area (TPSA) is 0 Å². The molecule has 0 saturated carbocycles. The van der Waals surface area contributed by atoms with Crippen molar-refractivity contribution in [1.29, 1.82) is 0 Å². The Morgan fingerprint density at radius 3 is 0.500 bits per heavy atom. The molecule has 0 aromatic carbocycles. The van der Waals surface area contributed by atoms with Gasteiger partial charge in [0, 0.05) is 0 Å². The Bertz CT molecular complexity index is 8.75. The molecular weight excluding hydrogens is 339 g/mol. The van der Waals surface area contributed by atoms with Crippen molar-refractivity contribution in [1.82, 2.24) is 0 Å². The fourth-order valence-corrected chi connectivity index (χ4v) is 0. The van der Waals surface area contributed by atoms with Crippen molar-refractivity contribution in [2.24, 2.45) is 0 Å². The quantitative estimate of drug-likeness (QED) is 0.545. The summed E-state index contributed by atoms with van der Waals surface area (Å²) in [6.07, 6.45) is 0. The van der Waals surface area contributed by atoms with E-state index in [0.717, 1.165) is 0 Å². The second-order valence-electron chi connectivity index (χ2n) is 0. The minimum absolute atomic E-state index is 0. The van der Waals surface area contributed by atoms with Crippen LogP contribution >= 0.6 is 0 Å². The van der Waals surface area contributed by atoms with Crippen molar-refractivity contribution >= 4 is 40.5 Å². The molecule has 0 bridgehead atoms. The number of hydrogen-bond donors (Lipinski definition) is 0. The molecule has 0 unspecified atom stereocenters. The number of hydrogen-bond acceptors (Lipinski definition) is 0. The van der Waals surface area contributed by atoms with Crippen molar-refractivity contribution in [2.45, 2.75) is 0 Å². The summed E-state index contributed by atoms with van der Waals surface area (Å²) in [4.78, 5) is 0. The Kier molecular flexibility index (Phi) is 414. The second kappa shape index (κ2) is 41.3. The first kappa shape index (κ1) is 60.1. The monoisotopic (exact) mass is 338 g/mol. The molecule has 0 fully saturated rings. The van der Waals surface area contributed by atoms with E-state index in [2.05, 4.69) is 0 Å². The Labute approximate surface area is 105 Å². The first-order chi connectivity index (χ1) is 0. The van der Waals surface area contributed by atoms with Gasteiger partial charge in [-0.05, 0) is 0 Å². The van der Waals surface area contributed by atoms with Gasteiger partial charge in [-0.15, -0.1) is 0 Å². The van der Waals surface area contributed by atoms with Crippen LogP contribution in [0.25, 0.3) is 0 Å². The minimum Gasteiger partial charge on any atom is -2.00 e. The molecule has 0 saturated heterocycles. The molecule has 0 aliphatic rings. The Balaban J connectivity index is 0. The van der Waals surface area contributed by atoms with Gasteiger partial charge in [0.05, 0.1) is 0 Å². The Morgan fingerprint density at radius 2 is 0.500 bits per heavy atom. The minimum atomic E-state index is 0. The SMILES string of the molecule is [Cd+2].[S-2].[S-2].[S-2].[Zn+2].[Zn+2]. The van der Waals surface area contributed by atoms with Gasteiger partial charge in [-0.1, -0.05) is 0 Å². The zero-order chi connectivity index (χ0) is 0. The largest absolute Gasteiger partial charge is 2.00 e. The zero-order valence-electron chi connectivity index (χ0n) is 3.35. The van der Waals surface area contributed by atoms with Gasteiger partial charge in [0.25, 0.3) is 0 Å². The maximum Gasteiger partial charge on any atom is 2.00 e. The predicted molar refractivity (Wildman–Crippen MR) is 22.1 cm³/mol. The van der Waals surface area contributed by atoms with Crippen molar-refractivity contribution in [3.05, 3.63) is 0 Å². The smallest absolute Gasteiger partial charge is 2.00 e. The molecule has 0 rings (SSSR count). The van der Waals surface area contributed by atoms with E-state index in [9.17, 15) is 0 Å². The molecule has 24 valence electrons. The van der Waals surface area contributed by atoms with Gasteiger partial charge in [0.1, 0.15) is 0 Å². The van der Waals surface area contributed by atoms with E-state index in [0.29, 0.717) is 0 Å². The van der Waals surface area contributed by atoms with Crippen LogP contribution in [0.15, 0.2) is 0 Å². The molecule has 6 heteroatoms. The van der Waals surface area contributed by atoms with E-state index in [1.54, 1.807) is 0 Å². The summed E-state index contributed by atoms with van der Waals surface area (Å²) in [5, 5.41) is 0. The fourth-order valence-electron chi connectivity index (χ4n) is 0. The van der Waals surface area contributed by atoms with Gasteiger partial charge in [-0.25, -0.2) is 0 Å². The second-order valence-corrected chi connectivity index (χ2v) is 0. The van der Waals surface area contributed by atoms with E-state index in [-0.39, 0.29) is 107 Å². The van der Waals surface area contributed by atoms with Crippen LogP contribution in [0.1, 0.15) is 0 Å². The Hall–Kier alpha value is 3.22. The molecule has 0 atom stereocenters. The summed E-state index contributed by atoms with van der Waals surface area (Å²) >= 11 is 0. The summed E-state index contributed by atoms with van der Waals surface area (Å²) in [7, 11) is 0. The molecule has 0 spiro atoms. The van der Waals surface area contributed by atoms with E-state index in [4.69, 9.17) is 0 Å². The Morgan fingerprint density at radius 1 is 0.500 bits per heavy atom. The molecule has 0 aliphatic heterocycles. The molecule has 0 radical (unpaired) electrons. The van der Waals surface area contributed by atoms with Crippen LogP contribution in [-0.2, 0) is 107 Å². The van der Waals surface area contributed by atoms with E-state index >= 15 is 0 Å². The third-order valence-electron chi connectivity index (χ3n) is 0. The molecule has 0 aromatic rings. The third-order valence-corrected chi connectivity index (χ3v) is 0. The van der Waals surface area contributed by atoms with Crippen molar-refractivity contribution < 1.29 is 66.3 Å². The average Bonchev–Trinajstić information content (AvgIpc) is 0. The van der Waals surface area contributed by atoms with Gasteiger partial charge in [-0.2, -0.15) is 0 Å². The van der Waals surface area contributed by atoms with E-state index < -0.39 is 0 Å². The van der Waals surface area contributed by atoms with Crippen LogP contribution < -0.4 is 0 Å². The van der Waals surface area contributed by atoms with E-state index in [1.165, 1.54) is 0 Å². The summed E-state index contributed by atoms with van der Waals surface area (Å²) in [6, 6.07) is 0. The van der Waals surface area contributed by atoms with Gasteiger partial charge < -0.3 is 40.5 Å². The van der Waals surface area contributed by atoms with Crippen molar-refractivity contribution in [3.63, 3.8) is 0 Å².